The topological polar surface area (TPSA) is 58.8 Å². The number of nitrogens with zero attached hydrogens (tertiary/aromatic N) is 2. The number of ether oxygens (including phenoxy) is 1. The van der Waals surface area contributed by atoms with Gasteiger partial charge in [0.15, 0.2) is 0 Å². The third kappa shape index (κ3) is 1.43. The van der Waals surface area contributed by atoms with Crippen LogP contribution in [-0.4, -0.2) is 41.4 Å². The Bertz CT molecular complexity index is 389. The summed E-state index contributed by atoms with van der Waals surface area (Å²) in [7, 11) is 0. The molecule has 5 heteroatoms. The van der Waals surface area contributed by atoms with E-state index in [-0.39, 0.29) is 5.91 Å². The number of rotatable bonds is 1. The van der Waals surface area contributed by atoms with E-state index in [0.29, 0.717) is 11.6 Å². The van der Waals surface area contributed by atoms with Crippen molar-refractivity contribution in [2.24, 2.45) is 5.73 Å². The van der Waals surface area contributed by atoms with E-state index in [4.69, 9.17) is 10.5 Å². The fourth-order valence-electron chi connectivity index (χ4n) is 2.48. The average Bonchev–Trinajstić information content (AvgIpc) is 2.71. The zero-order valence-corrected chi connectivity index (χ0v) is 9.06. The van der Waals surface area contributed by atoms with Gasteiger partial charge >= 0.3 is 0 Å². The van der Waals surface area contributed by atoms with E-state index in [9.17, 15) is 4.79 Å². The van der Waals surface area contributed by atoms with Gasteiger partial charge in [-0.15, -0.1) is 0 Å². The molecular weight excluding hydrogens is 206 g/mol. The molecule has 1 amide bonds. The molecule has 86 valence electrons. The van der Waals surface area contributed by atoms with Crippen molar-refractivity contribution in [3.8, 4) is 0 Å². The van der Waals surface area contributed by atoms with Crippen LogP contribution in [0.25, 0.3) is 0 Å². The zero-order valence-electron chi connectivity index (χ0n) is 9.06. The van der Waals surface area contributed by atoms with Crippen molar-refractivity contribution >= 4 is 5.91 Å². The minimum absolute atomic E-state index is 0.313. The van der Waals surface area contributed by atoms with Crippen LogP contribution >= 0.6 is 0 Å². The molecule has 1 atom stereocenters. The number of carbonyl (C=O) groups excluding carboxylic acids is 1. The number of hydrogen-bond donors (Lipinski definition) is 1. The highest BCUT2D eigenvalue weighted by molar-refractivity contribution is 5.91. The van der Waals surface area contributed by atoms with Crippen LogP contribution < -0.4 is 5.73 Å². The standard InChI is InChI=1S/C11H15N3O2/c12-11(15)8-1-2-9-6-13-3-4-16-10(13)7-14(9)5-8/h5,7,9H,1-4,6H2,(H2,12,15). The van der Waals surface area contributed by atoms with Crippen molar-refractivity contribution in [2.75, 3.05) is 19.7 Å². The molecule has 3 heterocycles. The number of nitrogens with two attached hydrogens (primary N) is 1. The first-order valence-corrected chi connectivity index (χ1v) is 5.61. The summed E-state index contributed by atoms with van der Waals surface area (Å²) < 4.78 is 5.50. The molecule has 3 rings (SSSR count). The van der Waals surface area contributed by atoms with E-state index >= 15 is 0 Å². The van der Waals surface area contributed by atoms with Gasteiger partial charge in [-0.3, -0.25) is 4.79 Å². The molecule has 0 bridgehead atoms. The molecule has 0 saturated carbocycles. The van der Waals surface area contributed by atoms with Gasteiger partial charge in [0.05, 0.1) is 18.8 Å². The van der Waals surface area contributed by atoms with Gasteiger partial charge in [0.2, 0.25) is 11.8 Å². The Labute approximate surface area is 94.1 Å². The summed E-state index contributed by atoms with van der Waals surface area (Å²) in [4.78, 5) is 15.4. The summed E-state index contributed by atoms with van der Waals surface area (Å²) in [6.45, 7) is 2.72. The van der Waals surface area contributed by atoms with Gasteiger partial charge in [-0.1, -0.05) is 0 Å². The molecule has 0 radical (unpaired) electrons. The maximum absolute atomic E-state index is 11.1. The molecule has 0 aromatic rings. The monoisotopic (exact) mass is 221 g/mol. The minimum atomic E-state index is -0.313. The lowest BCUT2D eigenvalue weighted by molar-refractivity contribution is -0.114. The van der Waals surface area contributed by atoms with Gasteiger partial charge in [-0.05, 0) is 12.8 Å². The number of hydrogen-bond acceptors (Lipinski definition) is 4. The van der Waals surface area contributed by atoms with Crippen molar-refractivity contribution in [1.82, 2.24) is 9.80 Å². The summed E-state index contributed by atoms with van der Waals surface area (Å²) in [6.07, 6.45) is 5.61. The van der Waals surface area contributed by atoms with Crippen molar-refractivity contribution in [2.45, 2.75) is 18.9 Å². The maximum atomic E-state index is 11.1. The number of primary amides is 1. The molecule has 3 aliphatic rings. The number of fused-ring (bicyclic) bond motifs is 2. The second-order valence-electron chi connectivity index (χ2n) is 4.42. The Morgan fingerprint density at radius 1 is 1.50 bits per heavy atom. The SMILES string of the molecule is NC(=O)C1=CN2C=C3OCCN3CC2CC1. The molecule has 1 saturated heterocycles. The molecule has 0 aromatic carbocycles. The van der Waals surface area contributed by atoms with Crippen LogP contribution in [-0.2, 0) is 9.53 Å². The summed E-state index contributed by atoms with van der Waals surface area (Å²) in [5.41, 5.74) is 6.01. The molecule has 1 unspecified atom stereocenters. The quantitative estimate of drug-likeness (QED) is 0.675. The third-order valence-corrected chi connectivity index (χ3v) is 3.40. The zero-order chi connectivity index (χ0) is 11.1. The Hall–Kier alpha value is -1.65. The highest BCUT2D eigenvalue weighted by atomic mass is 16.5. The van der Waals surface area contributed by atoms with Crippen molar-refractivity contribution in [1.29, 1.82) is 0 Å². The lowest BCUT2D eigenvalue weighted by Gasteiger charge is -2.39. The summed E-state index contributed by atoms with van der Waals surface area (Å²) >= 11 is 0. The molecule has 2 N–H and O–H groups in total. The van der Waals surface area contributed by atoms with Gasteiger partial charge in [-0.25, -0.2) is 0 Å². The predicted molar refractivity (Wildman–Crippen MR) is 57.7 cm³/mol. The lowest BCUT2D eigenvalue weighted by Crippen LogP contribution is -2.44. The van der Waals surface area contributed by atoms with Crippen molar-refractivity contribution < 1.29 is 9.53 Å². The van der Waals surface area contributed by atoms with Crippen molar-refractivity contribution in [3.63, 3.8) is 0 Å². The molecule has 3 aliphatic heterocycles. The Balaban J connectivity index is 1.88. The second-order valence-corrected chi connectivity index (χ2v) is 4.42. The van der Waals surface area contributed by atoms with Gasteiger partial charge in [0.25, 0.3) is 0 Å². The van der Waals surface area contributed by atoms with Crippen LogP contribution in [0.5, 0.6) is 0 Å². The normalized spacial score (nSPS) is 27.6. The van der Waals surface area contributed by atoms with Crippen LogP contribution in [0, 0.1) is 0 Å². The van der Waals surface area contributed by atoms with Gasteiger partial charge in [0, 0.05) is 18.3 Å². The highest BCUT2D eigenvalue weighted by Gasteiger charge is 2.32. The van der Waals surface area contributed by atoms with E-state index in [0.717, 1.165) is 38.4 Å². The molecule has 0 aromatic heterocycles. The average molecular weight is 221 g/mol. The van der Waals surface area contributed by atoms with Crippen LogP contribution in [0.3, 0.4) is 0 Å². The lowest BCUT2D eigenvalue weighted by atomic mass is 9.99. The van der Waals surface area contributed by atoms with E-state index in [2.05, 4.69) is 9.80 Å². The molecule has 1 fully saturated rings. The fourth-order valence-corrected chi connectivity index (χ4v) is 2.48. The first-order chi connectivity index (χ1) is 7.74. The first kappa shape index (κ1) is 9.57. The maximum Gasteiger partial charge on any atom is 0.246 e. The first-order valence-electron chi connectivity index (χ1n) is 5.61. The van der Waals surface area contributed by atoms with Gasteiger partial charge in [0.1, 0.15) is 6.61 Å². The van der Waals surface area contributed by atoms with Gasteiger partial charge in [-0.2, -0.15) is 0 Å². The minimum Gasteiger partial charge on any atom is -0.476 e. The summed E-state index contributed by atoms with van der Waals surface area (Å²) in [5, 5.41) is 0. The van der Waals surface area contributed by atoms with Crippen LogP contribution in [0.15, 0.2) is 23.9 Å². The van der Waals surface area contributed by atoms with Gasteiger partial charge < -0.3 is 20.3 Å². The smallest absolute Gasteiger partial charge is 0.246 e. The van der Waals surface area contributed by atoms with Crippen LogP contribution in [0.4, 0.5) is 0 Å². The molecule has 0 spiro atoms. The molecule has 5 nitrogen and oxygen atoms in total. The summed E-state index contributed by atoms with van der Waals surface area (Å²) in [6, 6.07) is 0.452. The Morgan fingerprint density at radius 2 is 2.38 bits per heavy atom. The molecular formula is C11H15N3O2. The Kier molecular flexibility index (Phi) is 2.05. The fraction of sp³-hybridized carbons (Fsp3) is 0.545. The third-order valence-electron chi connectivity index (χ3n) is 3.40. The Morgan fingerprint density at radius 3 is 3.19 bits per heavy atom. The second kappa shape index (κ2) is 3.43. The molecule has 0 aliphatic carbocycles. The van der Waals surface area contributed by atoms with E-state index < -0.39 is 0 Å². The number of carbonyl (C=O) groups is 1. The van der Waals surface area contributed by atoms with E-state index in [1.807, 2.05) is 12.4 Å². The van der Waals surface area contributed by atoms with Crippen LogP contribution in [0.2, 0.25) is 0 Å². The largest absolute Gasteiger partial charge is 0.476 e. The van der Waals surface area contributed by atoms with E-state index in [1.54, 1.807) is 0 Å². The van der Waals surface area contributed by atoms with Crippen LogP contribution in [0.1, 0.15) is 12.8 Å². The van der Waals surface area contributed by atoms with Crippen molar-refractivity contribution in [3.05, 3.63) is 23.9 Å². The number of amides is 1. The van der Waals surface area contributed by atoms with E-state index in [1.165, 1.54) is 0 Å². The summed E-state index contributed by atoms with van der Waals surface area (Å²) in [5.74, 6) is 0.602. The molecule has 16 heavy (non-hydrogen) atoms. The predicted octanol–water partition coefficient (Wildman–Crippen LogP) is -0.0353. The highest BCUT2D eigenvalue weighted by Crippen LogP contribution is 2.29.